The van der Waals surface area contributed by atoms with Crippen LogP contribution in [0.1, 0.15) is 24.6 Å². The van der Waals surface area contributed by atoms with Crippen LogP contribution in [0.25, 0.3) is 0 Å². The maximum atomic E-state index is 13.0. The summed E-state index contributed by atoms with van der Waals surface area (Å²) < 4.78 is 21.0. The van der Waals surface area contributed by atoms with Crippen LogP contribution in [-0.2, 0) is 16.8 Å². The van der Waals surface area contributed by atoms with Gasteiger partial charge in [-0.3, -0.25) is 9.48 Å². The molecule has 0 unspecified atom stereocenters. The van der Waals surface area contributed by atoms with Crippen molar-refractivity contribution in [2.45, 2.75) is 32.2 Å². The van der Waals surface area contributed by atoms with E-state index in [1.54, 1.807) is 0 Å². The molecule has 1 amide bonds. The van der Waals surface area contributed by atoms with Gasteiger partial charge in [-0.2, -0.15) is 9.49 Å². The Balaban J connectivity index is 1.52. The van der Waals surface area contributed by atoms with Gasteiger partial charge in [0, 0.05) is 12.0 Å². The number of pyridine rings is 1. The third kappa shape index (κ3) is 3.85. The lowest BCUT2D eigenvalue weighted by Crippen LogP contribution is -2.26. The molecule has 2 aromatic heterocycles. The normalized spacial score (nSPS) is 20.3. The first kappa shape index (κ1) is 19.1. The van der Waals surface area contributed by atoms with Crippen molar-refractivity contribution in [1.82, 2.24) is 14.8 Å². The van der Waals surface area contributed by atoms with Gasteiger partial charge in [0.2, 0.25) is 11.9 Å². The number of rotatable bonds is 7. The molecule has 1 N–H and O–H groups in total. The summed E-state index contributed by atoms with van der Waals surface area (Å²) in [5.74, 6) is -0.205. The fraction of sp³-hybridized carbons (Fsp3) is 0.318. The lowest BCUT2D eigenvalue weighted by Gasteiger charge is -2.19. The first-order valence-electron chi connectivity index (χ1n) is 9.66. The third-order valence-electron chi connectivity index (χ3n) is 5.45. The van der Waals surface area contributed by atoms with Crippen LogP contribution in [0, 0.1) is 18.8 Å². The summed E-state index contributed by atoms with van der Waals surface area (Å²) in [6, 6.07) is 12.7. The summed E-state index contributed by atoms with van der Waals surface area (Å²) in [5, 5.41) is 7.25. The summed E-state index contributed by atoms with van der Waals surface area (Å²) >= 11 is 0. The number of hydrogen-bond acceptors (Lipinski definition) is 4. The lowest BCUT2D eigenvalue weighted by molar-refractivity contribution is -0.117. The van der Waals surface area contributed by atoms with Crippen molar-refractivity contribution in [1.29, 1.82) is 0 Å². The average Bonchev–Trinajstić information content (AvgIpc) is 3.38. The molecule has 1 saturated carbocycles. The summed E-state index contributed by atoms with van der Waals surface area (Å²) in [6.07, 6.45) is 3.88. The first-order valence-corrected chi connectivity index (χ1v) is 9.66. The van der Waals surface area contributed by atoms with E-state index in [1.807, 2.05) is 55.1 Å². The van der Waals surface area contributed by atoms with E-state index in [1.165, 1.54) is 18.3 Å². The summed E-state index contributed by atoms with van der Waals surface area (Å²) in [6.45, 7) is 5.08. The van der Waals surface area contributed by atoms with Crippen molar-refractivity contribution >= 4 is 11.6 Å². The Morgan fingerprint density at radius 2 is 2.10 bits per heavy atom. The first-order chi connectivity index (χ1) is 14.0. The van der Waals surface area contributed by atoms with E-state index < -0.39 is 11.4 Å². The Morgan fingerprint density at radius 3 is 2.76 bits per heavy atom. The van der Waals surface area contributed by atoms with Crippen molar-refractivity contribution in [3.8, 4) is 5.75 Å². The molecule has 0 spiro atoms. The number of aryl methyl sites for hydroxylation is 2. The highest BCUT2D eigenvalue weighted by molar-refractivity contribution is 5.96. The zero-order chi connectivity index (χ0) is 20.4. The summed E-state index contributed by atoms with van der Waals surface area (Å²) in [5.41, 5.74) is 1.97. The molecule has 1 fully saturated rings. The number of nitrogens with one attached hydrogen (secondary N) is 1. The van der Waals surface area contributed by atoms with Gasteiger partial charge in [0.1, 0.15) is 5.69 Å². The van der Waals surface area contributed by atoms with E-state index in [9.17, 15) is 9.18 Å². The lowest BCUT2D eigenvalue weighted by atomic mass is 9.93. The fourth-order valence-corrected chi connectivity index (χ4v) is 3.67. The number of carbonyl (C=O) groups excluding carboxylic acids is 1. The largest absolute Gasteiger partial charge is 0.489 e. The Morgan fingerprint density at radius 1 is 1.31 bits per heavy atom. The van der Waals surface area contributed by atoms with Crippen LogP contribution in [0.3, 0.4) is 0 Å². The quantitative estimate of drug-likeness (QED) is 0.620. The number of anilines is 1. The minimum Gasteiger partial charge on any atom is -0.489 e. The topological polar surface area (TPSA) is 69.0 Å². The van der Waals surface area contributed by atoms with E-state index in [0.717, 1.165) is 23.6 Å². The molecule has 4 rings (SSSR count). The van der Waals surface area contributed by atoms with Crippen LogP contribution in [0.5, 0.6) is 5.75 Å². The highest BCUT2D eigenvalue weighted by atomic mass is 19.1. The van der Waals surface area contributed by atoms with Gasteiger partial charge in [-0.25, -0.2) is 4.98 Å². The average molecular weight is 394 g/mol. The number of nitrogens with zero attached hydrogens (tertiary/aromatic N) is 3. The van der Waals surface area contributed by atoms with E-state index in [2.05, 4.69) is 15.4 Å². The van der Waals surface area contributed by atoms with E-state index in [-0.39, 0.29) is 11.8 Å². The number of amides is 1. The van der Waals surface area contributed by atoms with Crippen molar-refractivity contribution < 1.29 is 13.9 Å². The third-order valence-corrected chi connectivity index (χ3v) is 5.45. The van der Waals surface area contributed by atoms with Gasteiger partial charge in [-0.15, -0.1) is 0 Å². The second-order valence-electron chi connectivity index (χ2n) is 7.36. The van der Waals surface area contributed by atoms with Gasteiger partial charge >= 0.3 is 0 Å². The molecule has 0 saturated heterocycles. The molecule has 0 bridgehead atoms. The van der Waals surface area contributed by atoms with Crippen LogP contribution in [0.15, 0.2) is 54.9 Å². The number of carbonyl (C=O) groups is 1. The molecule has 1 aliphatic carbocycles. The SMILES string of the molecule is CCn1cc(OC[C@]2(c3ccccc3)C[C@@H]2C(=O)Nc2ccc(F)nc2)c(C)n1. The molecule has 7 heteroatoms. The number of benzene rings is 1. The summed E-state index contributed by atoms with van der Waals surface area (Å²) in [7, 11) is 0. The maximum absolute atomic E-state index is 13.0. The highest BCUT2D eigenvalue weighted by Gasteiger charge is 2.60. The monoisotopic (exact) mass is 394 g/mol. The van der Waals surface area contributed by atoms with Crippen molar-refractivity contribution in [3.63, 3.8) is 0 Å². The zero-order valence-corrected chi connectivity index (χ0v) is 16.4. The molecule has 1 aromatic carbocycles. The van der Waals surface area contributed by atoms with Gasteiger partial charge in [0.05, 0.1) is 30.6 Å². The van der Waals surface area contributed by atoms with Gasteiger partial charge in [-0.1, -0.05) is 30.3 Å². The molecule has 0 aliphatic heterocycles. The highest BCUT2D eigenvalue weighted by Crippen LogP contribution is 2.55. The molecule has 150 valence electrons. The number of aromatic nitrogens is 3. The van der Waals surface area contributed by atoms with Gasteiger partial charge in [0.25, 0.3) is 0 Å². The second kappa shape index (κ2) is 7.66. The Labute approximate surface area is 168 Å². The maximum Gasteiger partial charge on any atom is 0.228 e. The molecule has 2 heterocycles. The second-order valence-corrected chi connectivity index (χ2v) is 7.36. The number of hydrogen-bond donors (Lipinski definition) is 1. The molecule has 29 heavy (non-hydrogen) atoms. The van der Waals surface area contributed by atoms with Crippen LogP contribution < -0.4 is 10.1 Å². The minimum absolute atomic E-state index is 0.119. The summed E-state index contributed by atoms with van der Waals surface area (Å²) in [4.78, 5) is 16.5. The molecular formula is C22H23FN4O2. The van der Waals surface area contributed by atoms with Crippen LogP contribution in [-0.4, -0.2) is 27.3 Å². The van der Waals surface area contributed by atoms with E-state index >= 15 is 0 Å². The fourth-order valence-electron chi connectivity index (χ4n) is 3.67. The van der Waals surface area contributed by atoms with Crippen LogP contribution in [0.4, 0.5) is 10.1 Å². The minimum atomic E-state index is -0.579. The molecule has 2 atom stereocenters. The Hall–Kier alpha value is -3.22. The number of ether oxygens (including phenoxy) is 1. The molecule has 1 aliphatic rings. The standard InChI is InChI=1S/C22H23FN4O2/c1-3-27-13-19(15(2)26-27)29-14-22(16-7-5-4-6-8-16)11-18(22)21(28)25-17-9-10-20(23)24-12-17/h4-10,12-13,18H,3,11,14H2,1-2H3,(H,25,28)/t18-,22+/m1/s1. The van der Waals surface area contributed by atoms with Gasteiger partial charge in [0.15, 0.2) is 5.75 Å². The Bertz CT molecular complexity index is 1000. The predicted molar refractivity (Wildman–Crippen MR) is 107 cm³/mol. The molecule has 6 nitrogen and oxygen atoms in total. The van der Waals surface area contributed by atoms with E-state index in [4.69, 9.17) is 4.74 Å². The van der Waals surface area contributed by atoms with Crippen LogP contribution >= 0.6 is 0 Å². The van der Waals surface area contributed by atoms with Gasteiger partial charge < -0.3 is 10.1 Å². The van der Waals surface area contributed by atoms with Crippen molar-refractivity contribution in [2.24, 2.45) is 5.92 Å². The molecule has 0 radical (unpaired) electrons. The smallest absolute Gasteiger partial charge is 0.228 e. The van der Waals surface area contributed by atoms with E-state index in [0.29, 0.717) is 18.7 Å². The Kier molecular flexibility index (Phi) is 5.05. The molecule has 3 aromatic rings. The van der Waals surface area contributed by atoms with Crippen molar-refractivity contribution in [3.05, 3.63) is 72.1 Å². The number of halogens is 1. The predicted octanol–water partition coefficient (Wildman–Crippen LogP) is 3.72. The van der Waals surface area contributed by atoms with Gasteiger partial charge in [-0.05, 0) is 38.0 Å². The van der Waals surface area contributed by atoms with Crippen LogP contribution in [0.2, 0.25) is 0 Å². The molecular weight excluding hydrogens is 371 g/mol. The van der Waals surface area contributed by atoms with Crippen molar-refractivity contribution in [2.75, 3.05) is 11.9 Å². The zero-order valence-electron chi connectivity index (χ0n) is 16.4.